The van der Waals surface area contributed by atoms with E-state index >= 15 is 0 Å². The van der Waals surface area contributed by atoms with E-state index < -0.39 is 21.9 Å². The van der Waals surface area contributed by atoms with Gasteiger partial charge in [0.05, 0.1) is 45.1 Å². The molecule has 0 N–H and O–H groups in total. The molecular weight excluding hydrogens is 461 g/mol. The van der Waals surface area contributed by atoms with Crippen LogP contribution in [0.25, 0.3) is 0 Å². The number of aryl methyl sites for hydroxylation is 1. The van der Waals surface area contributed by atoms with Gasteiger partial charge >= 0.3 is 0 Å². The highest BCUT2D eigenvalue weighted by Gasteiger charge is 2.34. The molecule has 1 atom stereocenters. The van der Waals surface area contributed by atoms with Gasteiger partial charge in [-0.3, -0.25) is 4.31 Å². The van der Waals surface area contributed by atoms with Crippen molar-refractivity contribution >= 4 is 15.7 Å². The molecule has 7 nitrogen and oxygen atoms in total. The highest BCUT2D eigenvalue weighted by Crippen LogP contribution is 2.41. The molecule has 0 aromatic heterocycles. The van der Waals surface area contributed by atoms with Crippen molar-refractivity contribution in [2.45, 2.75) is 24.8 Å². The van der Waals surface area contributed by atoms with Crippen LogP contribution < -0.4 is 23.3 Å². The van der Waals surface area contributed by atoms with Crippen LogP contribution >= 0.6 is 0 Å². The van der Waals surface area contributed by atoms with E-state index in [0.717, 1.165) is 6.07 Å². The standard InChI is InChI=1S/C25H28FNO6S/c1-16-7-8-18(26)13-25(16)34(28,29)27(19-9-11-23(32-5)24(14-19)33-6)17(2)21-15-20(30-3)10-12-22(21)31-4/h7-15,17H,1-6H3/t17-/m0/s1. The molecule has 182 valence electrons. The molecule has 0 bridgehead atoms. The van der Waals surface area contributed by atoms with E-state index in [-0.39, 0.29) is 4.90 Å². The first kappa shape index (κ1) is 25.2. The number of halogens is 1. The third-order valence-corrected chi connectivity index (χ3v) is 7.59. The van der Waals surface area contributed by atoms with E-state index in [1.54, 1.807) is 50.2 Å². The van der Waals surface area contributed by atoms with Gasteiger partial charge < -0.3 is 18.9 Å². The predicted octanol–water partition coefficient (Wildman–Crippen LogP) is 5.13. The van der Waals surface area contributed by atoms with E-state index in [9.17, 15) is 12.8 Å². The molecule has 3 rings (SSSR count). The van der Waals surface area contributed by atoms with Crippen molar-refractivity contribution in [3.8, 4) is 23.0 Å². The summed E-state index contributed by atoms with van der Waals surface area (Å²) in [5.41, 5.74) is 1.28. The predicted molar refractivity (Wildman–Crippen MR) is 128 cm³/mol. The zero-order chi connectivity index (χ0) is 25.0. The highest BCUT2D eigenvalue weighted by molar-refractivity contribution is 7.92. The summed E-state index contributed by atoms with van der Waals surface area (Å²) in [4.78, 5) is -0.143. The minimum absolute atomic E-state index is 0.143. The fraction of sp³-hybridized carbons (Fsp3) is 0.280. The van der Waals surface area contributed by atoms with Crippen LogP contribution in [0.3, 0.4) is 0 Å². The minimum Gasteiger partial charge on any atom is -0.497 e. The van der Waals surface area contributed by atoms with E-state index in [0.29, 0.717) is 39.8 Å². The Morgan fingerprint density at radius 3 is 2.06 bits per heavy atom. The van der Waals surface area contributed by atoms with Crippen LogP contribution in [0, 0.1) is 12.7 Å². The van der Waals surface area contributed by atoms with Crippen LogP contribution in [-0.2, 0) is 10.0 Å². The van der Waals surface area contributed by atoms with Gasteiger partial charge in [0.25, 0.3) is 10.0 Å². The topological polar surface area (TPSA) is 74.3 Å². The van der Waals surface area contributed by atoms with Crippen molar-refractivity contribution in [2.75, 3.05) is 32.7 Å². The molecule has 0 spiro atoms. The highest BCUT2D eigenvalue weighted by atomic mass is 32.2. The maximum Gasteiger partial charge on any atom is 0.265 e. The summed E-state index contributed by atoms with van der Waals surface area (Å²) >= 11 is 0. The average Bonchev–Trinajstić information content (AvgIpc) is 2.84. The second-order valence-electron chi connectivity index (χ2n) is 7.53. The number of nitrogens with zero attached hydrogens (tertiary/aromatic N) is 1. The molecule has 0 fully saturated rings. The third-order valence-electron chi connectivity index (χ3n) is 5.55. The van der Waals surface area contributed by atoms with Crippen LogP contribution in [0.1, 0.15) is 24.1 Å². The van der Waals surface area contributed by atoms with Gasteiger partial charge in [-0.2, -0.15) is 0 Å². The SMILES string of the molecule is COc1ccc(OC)c([C@H](C)N(c2ccc(OC)c(OC)c2)S(=O)(=O)c2cc(F)ccc2C)c1. The van der Waals surface area contributed by atoms with Gasteiger partial charge in [0.2, 0.25) is 0 Å². The van der Waals surface area contributed by atoms with Gasteiger partial charge in [-0.05, 0) is 61.9 Å². The fourth-order valence-electron chi connectivity index (χ4n) is 3.78. The Bertz CT molecular complexity index is 1280. The lowest BCUT2D eigenvalue weighted by Crippen LogP contribution is -2.34. The van der Waals surface area contributed by atoms with Crippen LogP contribution in [0.4, 0.5) is 10.1 Å². The van der Waals surface area contributed by atoms with Gasteiger partial charge in [0.1, 0.15) is 17.3 Å². The quantitative estimate of drug-likeness (QED) is 0.415. The lowest BCUT2D eigenvalue weighted by molar-refractivity contribution is 0.355. The average molecular weight is 490 g/mol. The summed E-state index contributed by atoms with van der Waals surface area (Å²) in [6.07, 6.45) is 0. The number of rotatable bonds is 9. The summed E-state index contributed by atoms with van der Waals surface area (Å²) in [6, 6.07) is 12.8. The van der Waals surface area contributed by atoms with E-state index in [1.165, 1.54) is 44.9 Å². The Kier molecular flexibility index (Phi) is 7.56. The summed E-state index contributed by atoms with van der Waals surface area (Å²) in [5, 5.41) is 0. The molecule has 3 aromatic rings. The van der Waals surface area contributed by atoms with Crippen LogP contribution in [0.5, 0.6) is 23.0 Å². The number of benzene rings is 3. The maximum atomic E-state index is 14.1. The van der Waals surface area contributed by atoms with Gasteiger partial charge in [-0.15, -0.1) is 0 Å². The number of methoxy groups -OCH3 is 4. The first-order valence-corrected chi connectivity index (χ1v) is 11.9. The lowest BCUT2D eigenvalue weighted by Gasteiger charge is -2.32. The van der Waals surface area contributed by atoms with Crippen molar-refractivity contribution in [3.63, 3.8) is 0 Å². The van der Waals surface area contributed by atoms with Crippen LogP contribution in [0.2, 0.25) is 0 Å². The summed E-state index contributed by atoms with van der Waals surface area (Å²) < 4.78 is 65.0. The molecule has 0 unspecified atom stereocenters. The number of sulfonamides is 1. The first-order chi connectivity index (χ1) is 16.2. The van der Waals surface area contributed by atoms with Gasteiger partial charge in [-0.25, -0.2) is 12.8 Å². The largest absolute Gasteiger partial charge is 0.497 e. The van der Waals surface area contributed by atoms with Crippen LogP contribution in [0.15, 0.2) is 59.5 Å². The molecule has 0 saturated heterocycles. The second-order valence-corrected chi connectivity index (χ2v) is 9.32. The molecule has 0 aliphatic heterocycles. The lowest BCUT2D eigenvalue weighted by atomic mass is 10.1. The molecule has 3 aromatic carbocycles. The monoisotopic (exact) mass is 489 g/mol. The molecule has 34 heavy (non-hydrogen) atoms. The van der Waals surface area contributed by atoms with Crippen LogP contribution in [-0.4, -0.2) is 36.9 Å². The molecule has 0 amide bonds. The summed E-state index contributed by atoms with van der Waals surface area (Å²) in [6.45, 7) is 3.34. The molecule has 0 heterocycles. The van der Waals surface area contributed by atoms with Gasteiger partial charge in [0.15, 0.2) is 11.5 Å². The number of hydrogen-bond acceptors (Lipinski definition) is 6. The van der Waals surface area contributed by atoms with Gasteiger partial charge in [-0.1, -0.05) is 6.07 Å². The van der Waals surface area contributed by atoms with Crippen molar-refractivity contribution in [1.82, 2.24) is 0 Å². The number of hydrogen-bond donors (Lipinski definition) is 0. The van der Waals surface area contributed by atoms with Gasteiger partial charge in [0, 0.05) is 11.6 Å². The molecule has 0 aliphatic rings. The molecule has 0 radical (unpaired) electrons. The minimum atomic E-state index is -4.24. The number of anilines is 1. The van der Waals surface area contributed by atoms with E-state index in [2.05, 4.69) is 0 Å². The van der Waals surface area contributed by atoms with Crippen molar-refractivity contribution in [1.29, 1.82) is 0 Å². The normalized spacial score (nSPS) is 12.1. The fourth-order valence-corrected chi connectivity index (χ4v) is 5.65. The van der Waals surface area contributed by atoms with E-state index in [1.807, 2.05) is 0 Å². The van der Waals surface area contributed by atoms with Crippen molar-refractivity contribution < 1.29 is 31.8 Å². The smallest absolute Gasteiger partial charge is 0.265 e. The molecule has 9 heteroatoms. The summed E-state index contributed by atoms with van der Waals surface area (Å²) in [7, 11) is 1.74. The van der Waals surface area contributed by atoms with Crippen molar-refractivity contribution in [2.24, 2.45) is 0 Å². The number of ether oxygens (including phenoxy) is 4. The molecule has 0 saturated carbocycles. The van der Waals surface area contributed by atoms with Crippen molar-refractivity contribution in [3.05, 3.63) is 71.5 Å². The van der Waals surface area contributed by atoms with E-state index in [4.69, 9.17) is 18.9 Å². The zero-order valence-electron chi connectivity index (χ0n) is 20.0. The third kappa shape index (κ3) is 4.75. The second kappa shape index (κ2) is 10.2. The Labute approximate surface area is 199 Å². The Hall–Kier alpha value is -3.46. The maximum absolute atomic E-state index is 14.1. The molecular formula is C25H28FNO6S. The molecule has 0 aliphatic carbocycles. The Morgan fingerprint density at radius 2 is 1.44 bits per heavy atom. The Balaban J connectivity index is 2.30. The zero-order valence-corrected chi connectivity index (χ0v) is 20.8. The first-order valence-electron chi connectivity index (χ1n) is 10.4. The summed E-state index contributed by atoms with van der Waals surface area (Å²) in [5.74, 6) is 1.15. The Morgan fingerprint density at radius 1 is 0.794 bits per heavy atom.